The standard InChI is InChI=1S/C25H31N3O2/c1-6-7-16-30-20-14-12-19(13-15-20)24(29)26-23-17-22(25(3,4)5)27-28(23)21-11-9-8-10-18(21)2/h8-15,17H,6-7,16H2,1-5H3,(H,26,29). The Hall–Kier alpha value is -3.08. The molecule has 0 unspecified atom stereocenters. The van der Waals surface area contributed by atoms with E-state index in [9.17, 15) is 4.79 Å². The summed E-state index contributed by atoms with van der Waals surface area (Å²) < 4.78 is 7.50. The number of aromatic nitrogens is 2. The van der Waals surface area contributed by atoms with Gasteiger partial charge in [-0.05, 0) is 49.2 Å². The average molecular weight is 406 g/mol. The Morgan fingerprint density at radius 2 is 1.80 bits per heavy atom. The quantitative estimate of drug-likeness (QED) is 0.497. The van der Waals surface area contributed by atoms with Crippen LogP contribution >= 0.6 is 0 Å². The van der Waals surface area contributed by atoms with Crippen LogP contribution in [0, 0.1) is 6.92 Å². The number of para-hydroxylation sites is 1. The van der Waals surface area contributed by atoms with Crippen LogP contribution in [0.4, 0.5) is 5.82 Å². The van der Waals surface area contributed by atoms with Crippen LogP contribution in [0.3, 0.4) is 0 Å². The summed E-state index contributed by atoms with van der Waals surface area (Å²) in [7, 11) is 0. The number of nitrogens with zero attached hydrogens (tertiary/aromatic N) is 2. The number of benzene rings is 2. The number of amides is 1. The number of carbonyl (C=O) groups excluding carboxylic acids is 1. The molecule has 3 rings (SSSR count). The van der Waals surface area contributed by atoms with Crippen LogP contribution in [-0.2, 0) is 5.41 Å². The minimum atomic E-state index is -0.176. The zero-order valence-electron chi connectivity index (χ0n) is 18.5. The third-order valence-corrected chi connectivity index (χ3v) is 4.95. The van der Waals surface area contributed by atoms with Crippen LogP contribution < -0.4 is 10.1 Å². The molecule has 1 amide bonds. The first kappa shape index (κ1) is 21.6. The van der Waals surface area contributed by atoms with Gasteiger partial charge in [-0.15, -0.1) is 0 Å². The van der Waals surface area contributed by atoms with Gasteiger partial charge >= 0.3 is 0 Å². The van der Waals surface area contributed by atoms with Crippen molar-refractivity contribution in [1.29, 1.82) is 0 Å². The Kier molecular flexibility index (Phi) is 6.60. The van der Waals surface area contributed by atoms with E-state index in [1.165, 1.54) is 0 Å². The van der Waals surface area contributed by atoms with Crippen LogP contribution in [0.5, 0.6) is 5.75 Å². The number of unbranched alkanes of at least 4 members (excludes halogenated alkanes) is 1. The summed E-state index contributed by atoms with van der Waals surface area (Å²) in [4.78, 5) is 12.9. The van der Waals surface area contributed by atoms with Crippen molar-refractivity contribution in [1.82, 2.24) is 9.78 Å². The van der Waals surface area contributed by atoms with Gasteiger partial charge < -0.3 is 10.1 Å². The molecule has 1 aromatic heterocycles. The number of rotatable bonds is 7. The number of carbonyl (C=O) groups is 1. The zero-order chi connectivity index (χ0) is 21.7. The maximum absolute atomic E-state index is 12.9. The number of nitrogens with one attached hydrogen (secondary N) is 1. The van der Waals surface area contributed by atoms with Crippen LogP contribution in [0.1, 0.15) is 62.2 Å². The third-order valence-electron chi connectivity index (χ3n) is 4.95. The first-order valence-electron chi connectivity index (χ1n) is 10.5. The van der Waals surface area contributed by atoms with Gasteiger partial charge in [-0.3, -0.25) is 4.79 Å². The molecule has 0 saturated carbocycles. The van der Waals surface area contributed by atoms with Crippen LogP contribution in [0.25, 0.3) is 5.69 Å². The Bertz CT molecular complexity index is 998. The lowest BCUT2D eigenvalue weighted by Crippen LogP contribution is -2.15. The molecule has 0 aliphatic heterocycles. The van der Waals surface area contributed by atoms with E-state index in [4.69, 9.17) is 9.84 Å². The molecule has 5 heteroatoms. The van der Waals surface area contributed by atoms with Crippen LogP contribution in [0.2, 0.25) is 0 Å². The lowest BCUT2D eigenvalue weighted by Gasteiger charge is -2.14. The summed E-state index contributed by atoms with van der Waals surface area (Å²) in [6.45, 7) is 11.2. The Balaban J connectivity index is 1.85. The first-order valence-corrected chi connectivity index (χ1v) is 10.5. The first-order chi connectivity index (χ1) is 14.3. The number of hydrogen-bond donors (Lipinski definition) is 1. The van der Waals surface area contributed by atoms with Gasteiger partial charge in [0, 0.05) is 17.0 Å². The highest BCUT2D eigenvalue weighted by molar-refractivity contribution is 6.04. The largest absolute Gasteiger partial charge is 0.494 e. The minimum absolute atomic E-state index is 0.134. The van der Waals surface area contributed by atoms with Crippen molar-refractivity contribution in [3.05, 3.63) is 71.4 Å². The molecule has 0 spiro atoms. The lowest BCUT2D eigenvalue weighted by molar-refractivity contribution is 0.102. The van der Waals surface area contributed by atoms with Gasteiger partial charge in [0.15, 0.2) is 0 Å². The van der Waals surface area contributed by atoms with Gasteiger partial charge in [-0.2, -0.15) is 5.10 Å². The normalized spacial score (nSPS) is 11.4. The zero-order valence-corrected chi connectivity index (χ0v) is 18.5. The molecule has 0 radical (unpaired) electrons. The fraction of sp³-hybridized carbons (Fsp3) is 0.360. The van der Waals surface area contributed by atoms with E-state index in [0.717, 1.165) is 35.5 Å². The highest BCUT2D eigenvalue weighted by atomic mass is 16.5. The molecule has 0 saturated heterocycles. The van der Waals surface area contributed by atoms with E-state index in [-0.39, 0.29) is 11.3 Å². The van der Waals surface area contributed by atoms with Crippen molar-refractivity contribution < 1.29 is 9.53 Å². The smallest absolute Gasteiger partial charge is 0.256 e. The summed E-state index contributed by atoms with van der Waals surface area (Å²) >= 11 is 0. The molecule has 158 valence electrons. The molecule has 0 aliphatic carbocycles. The molecule has 0 atom stereocenters. The summed E-state index contributed by atoms with van der Waals surface area (Å²) in [5, 5.41) is 7.83. The summed E-state index contributed by atoms with van der Waals surface area (Å²) in [6, 6.07) is 17.2. The molecule has 2 aromatic carbocycles. The third kappa shape index (κ3) is 5.09. The maximum atomic E-state index is 12.9. The fourth-order valence-electron chi connectivity index (χ4n) is 3.05. The fourth-order valence-corrected chi connectivity index (χ4v) is 3.05. The van der Waals surface area contributed by atoms with E-state index in [1.807, 2.05) is 54.1 Å². The van der Waals surface area contributed by atoms with Crippen molar-refractivity contribution in [2.24, 2.45) is 0 Å². The number of ether oxygens (including phenoxy) is 1. The average Bonchev–Trinajstić information content (AvgIpc) is 3.13. The van der Waals surface area contributed by atoms with Crippen LogP contribution in [0.15, 0.2) is 54.6 Å². The SMILES string of the molecule is CCCCOc1ccc(C(=O)Nc2cc(C(C)(C)C)nn2-c2ccccc2C)cc1. The van der Waals surface area contributed by atoms with Gasteiger partial charge in [0.2, 0.25) is 0 Å². The Labute approximate surface area is 179 Å². The second-order valence-electron chi connectivity index (χ2n) is 8.54. The van der Waals surface area contributed by atoms with Gasteiger partial charge in [0.05, 0.1) is 18.0 Å². The van der Waals surface area contributed by atoms with E-state index in [2.05, 4.69) is 33.0 Å². The highest BCUT2D eigenvalue weighted by Crippen LogP contribution is 2.27. The van der Waals surface area contributed by atoms with E-state index < -0.39 is 0 Å². The van der Waals surface area contributed by atoms with E-state index in [0.29, 0.717) is 18.0 Å². The van der Waals surface area contributed by atoms with E-state index in [1.54, 1.807) is 12.1 Å². The molecule has 1 N–H and O–H groups in total. The summed E-state index contributed by atoms with van der Waals surface area (Å²) in [6.07, 6.45) is 2.10. The minimum Gasteiger partial charge on any atom is -0.494 e. The molecule has 5 nitrogen and oxygen atoms in total. The Morgan fingerprint density at radius 1 is 1.10 bits per heavy atom. The molecular formula is C25H31N3O2. The topological polar surface area (TPSA) is 56.1 Å². The van der Waals surface area contributed by atoms with Crippen molar-refractivity contribution in [3.63, 3.8) is 0 Å². The monoisotopic (exact) mass is 405 g/mol. The van der Waals surface area contributed by atoms with Crippen molar-refractivity contribution in [2.45, 2.75) is 52.9 Å². The van der Waals surface area contributed by atoms with E-state index >= 15 is 0 Å². The molecular weight excluding hydrogens is 374 g/mol. The number of hydrogen-bond acceptors (Lipinski definition) is 3. The summed E-state index contributed by atoms with van der Waals surface area (Å²) in [5.74, 6) is 1.26. The van der Waals surface area contributed by atoms with Crippen LogP contribution in [-0.4, -0.2) is 22.3 Å². The van der Waals surface area contributed by atoms with Crippen molar-refractivity contribution >= 4 is 11.7 Å². The van der Waals surface area contributed by atoms with Crippen molar-refractivity contribution in [3.8, 4) is 11.4 Å². The Morgan fingerprint density at radius 3 is 2.43 bits per heavy atom. The number of anilines is 1. The molecule has 0 bridgehead atoms. The molecule has 1 heterocycles. The van der Waals surface area contributed by atoms with Crippen molar-refractivity contribution in [2.75, 3.05) is 11.9 Å². The van der Waals surface area contributed by atoms with Gasteiger partial charge in [-0.1, -0.05) is 52.3 Å². The highest BCUT2D eigenvalue weighted by Gasteiger charge is 2.22. The molecule has 0 aliphatic rings. The van der Waals surface area contributed by atoms with Gasteiger partial charge in [0.1, 0.15) is 11.6 Å². The second-order valence-corrected chi connectivity index (χ2v) is 8.54. The second kappa shape index (κ2) is 9.16. The van der Waals surface area contributed by atoms with Gasteiger partial charge in [0.25, 0.3) is 5.91 Å². The maximum Gasteiger partial charge on any atom is 0.256 e. The number of aryl methyl sites for hydroxylation is 1. The molecule has 0 fully saturated rings. The lowest BCUT2D eigenvalue weighted by atomic mass is 9.92. The molecule has 30 heavy (non-hydrogen) atoms. The molecule has 3 aromatic rings. The van der Waals surface area contributed by atoms with Gasteiger partial charge in [-0.25, -0.2) is 4.68 Å². The summed E-state index contributed by atoms with van der Waals surface area (Å²) in [5.41, 5.74) is 3.40. The predicted molar refractivity (Wildman–Crippen MR) is 122 cm³/mol. The predicted octanol–water partition coefficient (Wildman–Crippen LogP) is 5.91.